The first kappa shape index (κ1) is 30.4. The predicted octanol–water partition coefficient (Wildman–Crippen LogP) is 5.69. The number of hydrogen-bond donors (Lipinski definition) is 3. The summed E-state index contributed by atoms with van der Waals surface area (Å²) < 4.78 is 22.9. The van der Waals surface area contributed by atoms with E-state index in [1.807, 2.05) is 42.5 Å². The molecule has 1 saturated carbocycles. The fourth-order valence-corrected chi connectivity index (χ4v) is 7.68. The molecule has 3 N–H and O–H groups in total. The van der Waals surface area contributed by atoms with Gasteiger partial charge in [-0.2, -0.15) is 5.10 Å². The number of amides is 2. The summed E-state index contributed by atoms with van der Waals surface area (Å²) in [5.74, 6) is -1.89. The Kier molecular flexibility index (Phi) is 8.48. The summed E-state index contributed by atoms with van der Waals surface area (Å²) in [5.41, 5.74) is 3.89. The van der Waals surface area contributed by atoms with Crippen LogP contribution in [0, 0.1) is 24.6 Å². The molecule has 0 spiro atoms. The van der Waals surface area contributed by atoms with Crippen molar-refractivity contribution in [1.29, 1.82) is 0 Å². The highest BCUT2D eigenvalue weighted by Crippen LogP contribution is 2.46. The molecule has 3 unspecified atom stereocenters. The maximum absolute atomic E-state index is 15.3. The van der Waals surface area contributed by atoms with Crippen molar-refractivity contribution in [1.82, 2.24) is 14.7 Å². The number of aliphatic hydroxyl groups excluding tert-OH is 1. The number of benzene rings is 3. The van der Waals surface area contributed by atoms with Crippen LogP contribution in [-0.2, 0) is 16.1 Å². The van der Waals surface area contributed by atoms with Crippen LogP contribution >= 0.6 is 0 Å². The van der Waals surface area contributed by atoms with E-state index >= 15 is 4.39 Å². The van der Waals surface area contributed by atoms with Crippen molar-refractivity contribution in [3.63, 3.8) is 0 Å². The number of rotatable bonds is 8. The third-order valence-electron chi connectivity index (χ3n) is 9.97. The van der Waals surface area contributed by atoms with E-state index in [-0.39, 0.29) is 30.0 Å². The monoisotopic (exact) mass is 625 g/mol. The largest absolute Gasteiger partial charge is 0.394 e. The topological polar surface area (TPSA) is 109 Å². The van der Waals surface area contributed by atoms with Crippen molar-refractivity contribution in [2.75, 3.05) is 30.5 Å². The molecule has 3 fully saturated rings. The maximum Gasteiger partial charge on any atom is 0.257 e. The van der Waals surface area contributed by atoms with Gasteiger partial charge in [-0.1, -0.05) is 37.1 Å². The Labute approximate surface area is 267 Å². The molecular formula is C36H40FN5O4. The zero-order valence-electron chi connectivity index (χ0n) is 26.0. The van der Waals surface area contributed by atoms with E-state index in [9.17, 15) is 14.7 Å². The van der Waals surface area contributed by atoms with E-state index in [4.69, 9.17) is 4.74 Å². The lowest BCUT2D eigenvalue weighted by molar-refractivity contribution is -0.124. The van der Waals surface area contributed by atoms with E-state index in [2.05, 4.69) is 15.7 Å². The Morgan fingerprint density at radius 2 is 1.83 bits per heavy atom. The van der Waals surface area contributed by atoms with Crippen molar-refractivity contribution in [2.45, 2.75) is 63.7 Å². The van der Waals surface area contributed by atoms with E-state index < -0.39 is 23.7 Å². The minimum atomic E-state index is -0.633. The van der Waals surface area contributed by atoms with Crippen LogP contribution in [0.5, 0.6) is 0 Å². The van der Waals surface area contributed by atoms with Gasteiger partial charge in [-0.05, 0) is 73.7 Å². The van der Waals surface area contributed by atoms with Crippen molar-refractivity contribution >= 4 is 34.1 Å². The van der Waals surface area contributed by atoms with Gasteiger partial charge in [0.1, 0.15) is 5.82 Å². The van der Waals surface area contributed by atoms with Crippen LogP contribution < -0.4 is 10.6 Å². The first-order valence-corrected chi connectivity index (χ1v) is 16.3. The van der Waals surface area contributed by atoms with Gasteiger partial charge >= 0.3 is 0 Å². The minimum Gasteiger partial charge on any atom is -0.394 e. The number of hydrogen-bond acceptors (Lipinski definition) is 6. The second-order valence-corrected chi connectivity index (χ2v) is 12.9. The number of nitrogens with one attached hydrogen (secondary N) is 2. The fourth-order valence-electron chi connectivity index (χ4n) is 7.68. The highest BCUT2D eigenvalue weighted by molar-refractivity contribution is 5.99. The van der Waals surface area contributed by atoms with Crippen LogP contribution in [0.1, 0.15) is 59.6 Å². The van der Waals surface area contributed by atoms with Gasteiger partial charge in [0.05, 0.1) is 61.6 Å². The highest BCUT2D eigenvalue weighted by atomic mass is 19.1. The summed E-state index contributed by atoms with van der Waals surface area (Å²) in [6.45, 7) is 2.86. The molecule has 0 bridgehead atoms. The molecule has 240 valence electrons. The Balaban J connectivity index is 1.25. The van der Waals surface area contributed by atoms with Crippen molar-refractivity contribution in [2.24, 2.45) is 11.8 Å². The van der Waals surface area contributed by atoms with E-state index in [1.165, 1.54) is 18.9 Å². The lowest BCUT2D eigenvalue weighted by Gasteiger charge is -2.47. The zero-order valence-corrected chi connectivity index (χ0v) is 26.0. The van der Waals surface area contributed by atoms with Crippen LogP contribution in [-0.4, -0.2) is 63.5 Å². The minimum absolute atomic E-state index is 0.0243. The number of aryl methyl sites for hydroxylation is 1. The van der Waals surface area contributed by atoms with Gasteiger partial charge in [0.15, 0.2) is 0 Å². The second kappa shape index (κ2) is 12.8. The Morgan fingerprint density at radius 1 is 1.04 bits per heavy atom. The van der Waals surface area contributed by atoms with Gasteiger partial charge in [-0.25, -0.2) is 4.39 Å². The fraction of sp³-hybridized carbons (Fsp3) is 0.417. The average Bonchev–Trinajstić information content (AvgIpc) is 3.82. The molecule has 4 aromatic rings. The number of carbonyl (C=O) groups excluding carboxylic acids is 2. The molecule has 46 heavy (non-hydrogen) atoms. The lowest BCUT2D eigenvalue weighted by Crippen LogP contribution is -2.55. The van der Waals surface area contributed by atoms with Crippen LogP contribution in [0.3, 0.4) is 0 Å². The lowest BCUT2D eigenvalue weighted by atomic mass is 9.76. The SMILES string of the molecule is Cc1cccc(F)c1C(=O)N1C2COCC2CC(C(=O)Nc2ccc3c(cnn3CCO)c2)[C@H]1c1ccc(NC2CCCC2)cc1. The summed E-state index contributed by atoms with van der Waals surface area (Å²) >= 11 is 0. The van der Waals surface area contributed by atoms with Crippen molar-refractivity contribution in [3.8, 4) is 0 Å². The molecule has 10 heteroatoms. The average molecular weight is 626 g/mol. The first-order valence-electron chi connectivity index (χ1n) is 16.3. The molecule has 1 aliphatic carbocycles. The molecule has 4 atom stereocenters. The van der Waals surface area contributed by atoms with Gasteiger partial charge in [-0.15, -0.1) is 0 Å². The molecule has 3 heterocycles. The van der Waals surface area contributed by atoms with Gasteiger partial charge in [-0.3, -0.25) is 14.3 Å². The molecule has 3 aliphatic rings. The molecule has 0 radical (unpaired) electrons. The number of anilines is 2. The number of aromatic nitrogens is 2. The molecule has 2 amide bonds. The number of fused-ring (bicyclic) bond motifs is 2. The molecule has 2 saturated heterocycles. The summed E-state index contributed by atoms with van der Waals surface area (Å²) in [6, 6.07) is 17.8. The Bertz CT molecular complexity index is 1710. The molecular weight excluding hydrogens is 585 g/mol. The van der Waals surface area contributed by atoms with Crippen LogP contribution in [0.15, 0.2) is 66.9 Å². The quantitative estimate of drug-likeness (QED) is 0.232. The normalized spacial score (nSPS) is 23.1. The number of carbonyl (C=O) groups is 2. The zero-order chi connectivity index (χ0) is 31.8. The van der Waals surface area contributed by atoms with E-state index in [0.29, 0.717) is 43.5 Å². The van der Waals surface area contributed by atoms with Crippen LogP contribution in [0.2, 0.25) is 0 Å². The van der Waals surface area contributed by atoms with Crippen LogP contribution in [0.25, 0.3) is 10.9 Å². The molecule has 3 aromatic carbocycles. The van der Waals surface area contributed by atoms with Crippen molar-refractivity contribution in [3.05, 3.63) is 89.4 Å². The number of piperidine rings is 1. The molecule has 1 aromatic heterocycles. The van der Waals surface area contributed by atoms with E-state index in [0.717, 1.165) is 35.0 Å². The summed E-state index contributed by atoms with van der Waals surface area (Å²) in [4.78, 5) is 30.5. The summed E-state index contributed by atoms with van der Waals surface area (Å²) in [7, 11) is 0. The first-order chi connectivity index (χ1) is 22.4. The third kappa shape index (κ3) is 5.76. The standard InChI is InChI=1S/C36H40FN5O4/c1-22-5-4-8-30(37)33(22)36(45)42-32-21-46-20-25(32)18-29(34(42)23-9-11-27(12-10-23)39-26-6-2-3-7-26)35(44)40-28-13-14-31-24(17-28)19-38-41(31)15-16-43/h4-5,8-14,17,19,25-26,29,32,34,39,43H,2-3,6-7,15-16,18,20-21H2,1H3,(H,40,44)/t25?,29?,32?,34-/m1/s1. The Hall–Kier alpha value is -4.28. The number of halogens is 1. The second-order valence-electron chi connectivity index (χ2n) is 12.9. The van der Waals surface area contributed by atoms with Crippen molar-refractivity contribution < 1.29 is 23.8 Å². The number of nitrogens with zero attached hydrogens (tertiary/aromatic N) is 3. The smallest absolute Gasteiger partial charge is 0.257 e. The summed E-state index contributed by atoms with van der Waals surface area (Å²) in [5, 5.41) is 21.3. The number of ether oxygens (including phenoxy) is 1. The number of aliphatic hydroxyl groups is 1. The highest BCUT2D eigenvalue weighted by Gasteiger charge is 2.51. The van der Waals surface area contributed by atoms with Gasteiger partial charge in [0.2, 0.25) is 5.91 Å². The maximum atomic E-state index is 15.3. The third-order valence-corrected chi connectivity index (χ3v) is 9.97. The predicted molar refractivity (Wildman–Crippen MR) is 174 cm³/mol. The Morgan fingerprint density at radius 3 is 2.59 bits per heavy atom. The van der Waals surface area contributed by atoms with Crippen LogP contribution in [0.4, 0.5) is 15.8 Å². The van der Waals surface area contributed by atoms with Gasteiger partial charge < -0.3 is 25.4 Å². The number of likely N-dealkylation sites (tertiary alicyclic amines) is 1. The molecule has 2 aliphatic heterocycles. The van der Waals surface area contributed by atoms with Gasteiger partial charge in [0.25, 0.3) is 5.91 Å². The summed E-state index contributed by atoms with van der Waals surface area (Å²) in [6.07, 6.45) is 6.98. The molecule has 7 rings (SSSR count). The molecule has 9 nitrogen and oxygen atoms in total. The van der Waals surface area contributed by atoms with E-state index in [1.54, 1.807) is 34.8 Å². The van der Waals surface area contributed by atoms with Gasteiger partial charge in [0, 0.05) is 28.7 Å².